The highest BCUT2D eigenvalue weighted by Crippen LogP contribution is 2.18. The average Bonchev–Trinajstić information content (AvgIpc) is 2.79. The Hall–Kier alpha value is -0.880. The SMILES string of the molecule is CCN1CCN(C(=O)c2c(Br)cnn2CC)CC1. The van der Waals surface area contributed by atoms with Crippen LogP contribution in [0.15, 0.2) is 10.7 Å². The van der Waals surface area contributed by atoms with E-state index in [4.69, 9.17) is 0 Å². The molecule has 0 atom stereocenters. The van der Waals surface area contributed by atoms with E-state index in [1.807, 2.05) is 11.8 Å². The number of rotatable bonds is 3. The van der Waals surface area contributed by atoms with Crippen LogP contribution in [-0.4, -0.2) is 58.2 Å². The van der Waals surface area contributed by atoms with Crippen molar-refractivity contribution in [1.82, 2.24) is 19.6 Å². The normalized spacial score (nSPS) is 17.2. The second-order valence-electron chi connectivity index (χ2n) is 4.38. The van der Waals surface area contributed by atoms with Crippen LogP contribution in [0.2, 0.25) is 0 Å². The number of likely N-dealkylation sites (N-methyl/N-ethyl adjacent to an activating group) is 1. The van der Waals surface area contributed by atoms with E-state index in [1.54, 1.807) is 10.9 Å². The van der Waals surface area contributed by atoms with Crippen molar-refractivity contribution in [2.24, 2.45) is 0 Å². The van der Waals surface area contributed by atoms with E-state index in [9.17, 15) is 4.79 Å². The van der Waals surface area contributed by atoms with Crippen molar-refractivity contribution < 1.29 is 4.79 Å². The van der Waals surface area contributed by atoms with Gasteiger partial charge in [0.25, 0.3) is 5.91 Å². The molecule has 1 aliphatic heterocycles. The molecule has 1 amide bonds. The highest BCUT2D eigenvalue weighted by Gasteiger charge is 2.25. The van der Waals surface area contributed by atoms with Crippen molar-refractivity contribution in [3.63, 3.8) is 0 Å². The fourth-order valence-electron chi connectivity index (χ4n) is 2.23. The first-order valence-electron chi connectivity index (χ1n) is 6.40. The second-order valence-corrected chi connectivity index (χ2v) is 5.24. The predicted molar refractivity (Wildman–Crippen MR) is 73.6 cm³/mol. The minimum atomic E-state index is 0.0805. The lowest BCUT2D eigenvalue weighted by Crippen LogP contribution is -2.48. The molecule has 0 bridgehead atoms. The van der Waals surface area contributed by atoms with Crippen LogP contribution in [0.25, 0.3) is 0 Å². The largest absolute Gasteiger partial charge is 0.335 e. The molecule has 0 radical (unpaired) electrons. The van der Waals surface area contributed by atoms with Crippen LogP contribution < -0.4 is 0 Å². The van der Waals surface area contributed by atoms with Gasteiger partial charge in [-0.05, 0) is 29.4 Å². The van der Waals surface area contributed by atoms with Crippen LogP contribution in [0.5, 0.6) is 0 Å². The number of aryl methyl sites for hydroxylation is 1. The number of piperazine rings is 1. The topological polar surface area (TPSA) is 41.4 Å². The summed E-state index contributed by atoms with van der Waals surface area (Å²) in [6, 6.07) is 0. The molecule has 0 spiro atoms. The van der Waals surface area contributed by atoms with E-state index in [0.717, 1.165) is 37.2 Å². The second kappa shape index (κ2) is 5.84. The summed E-state index contributed by atoms with van der Waals surface area (Å²) in [6.45, 7) is 9.42. The monoisotopic (exact) mass is 314 g/mol. The van der Waals surface area contributed by atoms with Gasteiger partial charge in [-0.25, -0.2) is 0 Å². The molecular weight excluding hydrogens is 296 g/mol. The van der Waals surface area contributed by atoms with Crippen LogP contribution in [0.3, 0.4) is 0 Å². The molecule has 18 heavy (non-hydrogen) atoms. The molecule has 0 N–H and O–H groups in total. The number of halogens is 1. The highest BCUT2D eigenvalue weighted by atomic mass is 79.9. The van der Waals surface area contributed by atoms with Gasteiger partial charge in [0.15, 0.2) is 0 Å². The number of hydrogen-bond acceptors (Lipinski definition) is 3. The van der Waals surface area contributed by atoms with Gasteiger partial charge in [0.2, 0.25) is 0 Å². The Labute approximate surface area is 116 Å². The number of hydrogen-bond donors (Lipinski definition) is 0. The average molecular weight is 315 g/mol. The number of nitrogens with zero attached hydrogens (tertiary/aromatic N) is 4. The number of carbonyl (C=O) groups excluding carboxylic acids is 1. The van der Waals surface area contributed by atoms with Crippen LogP contribution >= 0.6 is 15.9 Å². The lowest BCUT2D eigenvalue weighted by Gasteiger charge is -2.34. The summed E-state index contributed by atoms with van der Waals surface area (Å²) >= 11 is 3.41. The first kappa shape index (κ1) is 13.5. The fourth-order valence-corrected chi connectivity index (χ4v) is 2.70. The van der Waals surface area contributed by atoms with Crippen LogP contribution in [-0.2, 0) is 6.54 Å². The van der Waals surface area contributed by atoms with E-state index in [0.29, 0.717) is 12.2 Å². The van der Waals surface area contributed by atoms with Gasteiger partial charge in [0.1, 0.15) is 5.69 Å². The van der Waals surface area contributed by atoms with Gasteiger partial charge < -0.3 is 9.80 Å². The number of aromatic nitrogens is 2. The number of amides is 1. The standard InChI is InChI=1S/C12H19BrN4O/c1-3-15-5-7-16(8-6-15)12(18)11-10(13)9-14-17(11)4-2/h9H,3-8H2,1-2H3. The first-order chi connectivity index (χ1) is 8.67. The van der Waals surface area contributed by atoms with Gasteiger partial charge in [-0.1, -0.05) is 6.92 Å². The Bertz CT molecular complexity index is 424. The first-order valence-corrected chi connectivity index (χ1v) is 7.19. The molecule has 5 nitrogen and oxygen atoms in total. The minimum absolute atomic E-state index is 0.0805. The zero-order valence-electron chi connectivity index (χ0n) is 10.9. The van der Waals surface area contributed by atoms with E-state index >= 15 is 0 Å². The summed E-state index contributed by atoms with van der Waals surface area (Å²) in [6.07, 6.45) is 1.69. The van der Waals surface area contributed by atoms with Crippen molar-refractivity contribution in [1.29, 1.82) is 0 Å². The Balaban J connectivity index is 2.10. The maximum absolute atomic E-state index is 12.5. The molecule has 0 saturated carbocycles. The van der Waals surface area contributed by atoms with Crippen LogP contribution in [0.1, 0.15) is 24.3 Å². The molecule has 1 aromatic heterocycles. The number of carbonyl (C=O) groups is 1. The Morgan fingerprint density at radius 1 is 1.28 bits per heavy atom. The van der Waals surface area contributed by atoms with E-state index < -0.39 is 0 Å². The van der Waals surface area contributed by atoms with E-state index in [1.165, 1.54) is 0 Å². The van der Waals surface area contributed by atoms with Gasteiger partial charge >= 0.3 is 0 Å². The molecular formula is C12H19BrN4O. The van der Waals surface area contributed by atoms with Gasteiger partial charge in [-0.2, -0.15) is 5.10 Å². The van der Waals surface area contributed by atoms with Crippen LogP contribution in [0, 0.1) is 0 Å². The molecule has 0 aliphatic carbocycles. The van der Waals surface area contributed by atoms with E-state index in [-0.39, 0.29) is 5.91 Å². The van der Waals surface area contributed by atoms with Crippen LogP contribution in [0.4, 0.5) is 0 Å². The highest BCUT2D eigenvalue weighted by molar-refractivity contribution is 9.10. The third kappa shape index (κ3) is 2.59. The van der Waals surface area contributed by atoms with Crippen molar-refractivity contribution in [2.45, 2.75) is 20.4 Å². The lowest BCUT2D eigenvalue weighted by molar-refractivity contribution is 0.0630. The van der Waals surface area contributed by atoms with Crippen molar-refractivity contribution in [2.75, 3.05) is 32.7 Å². The quantitative estimate of drug-likeness (QED) is 0.848. The third-order valence-electron chi connectivity index (χ3n) is 3.40. The van der Waals surface area contributed by atoms with Gasteiger partial charge in [0, 0.05) is 32.7 Å². The molecule has 0 unspecified atom stereocenters. The van der Waals surface area contributed by atoms with Crippen molar-refractivity contribution >= 4 is 21.8 Å². The molecule has 6 heteroatoms. The maximum Gasteiger partial charge on any atom is 0.273 e. The van der Waals surface area contributed by atoms with Crippen molar-refractivity contribution in [3.05, 3.63) is 16.4 Å². The van der Waals surface area contributed by atoms with Gasteiger partial charge in [-0.15, -0.1) is 0 Å². The summed E-state index contributed by atoms with van der Waals surface area (Å²) in [5.41, 5.74) is 0.669. The Morgan fingerprint density at radius 3 is 2.50 bits per heavy atom. The van der Waals surface area contributed by atoms with Gasteiger partial charge in [0.05, 0.1) is 10.7 Å². The minimum Gasteiger partial charge on any atom is -0.335 e. The van der Waals surface area contributed by atoms with Gasteiger partial charge in [-0.3, -0.25) is 9.48 Å². The molecule has 1 saturated heterocycles. The molecule has 1 aromatic rings. The molecule has 0 aromatic carbocycles. The van der Waals surface area contributed by atoms with Crippen molar-refractivity contribution in [3.8, 4) is 0 Å². The smallest absolute Gasteiger partial charge is 0.273 e. The molecule has 2 rings (SSSR count). The summed E-state index contributed by atoms with van der Waals surface area (Å²) < 4.78 is 2.53. The third-order valence-corrected chi connectivity index (χ3v) is 3.98. The summed E-state index contributed by atoms with van der Waals surface area (Å²) in [5, 5.41) is 4.19. The molecule has 1 fully saturated rings. The fraction of sp³-hybridized carbons (Fsp3) is 0.667. The summed E-state index contributed by atoms with van der Waals surface area (Å²) in [5.74, 6) is 0.0805. The lowest BCUT2D eigenvalue weighted by atomic mass is 10.2. The summed E-state index contributed by atoms with van der Waals surface area (Å²) in [7, 11) is 0. The molecule has 2 heterocycles. The molecule has 1 aliphatic rings. The predicted octanol–water partition coefficient (Wildman–Crippen LogP) is 1.44. The Morgan fingerprint density at radius 2 is 1.94 bits per heavy atom. The zero-order chi connectivity index (χ0) is 13.1. The maximum atomic E-state index is 12.5. The van der Waals surface area contributed by atoms with E-state index in [2.05, 4.69) is 32.9 Å². The Kier molecular flexibility index (Phi) is 4.40. The summed E-state index contributed by atoms with van der Waals surface area (Å²) in [4.78, 5) is 16.7. The molecule has 100 valence electrons. The zero-order valence-corrected chi connectivity index (χ0v) is 12.5.